The van der Waals surface area contributed by atoms with Crippen LogP contribution in [0.2, 0.25) is 0 Å². The average Bonchev–Trinajstić information content (AvgIpc) is 2.69. The highest BCUT2D eigenvalue weighted by Gasteiger charge is 2.24. The molecule has 0 aliphatic carbocycles. The highest BCUT2D eigenvalue weighted by molar-refractivity contribution is 7.98. The summed E-state index contributed by atoms with van der Waals surface area (Å²) in [5.41, 5.74) is 2.28. The number of thioether (sulfide) groups is 1. The van der Waals surface area contributed by atoms with Gasteiger partial charge in [-0.05, 0) is 18.1 Å². The number of carbonyl (C=O) groups excluding carboxylic acids is 2. The van der Waals surface area contributed by atoms with E-state index < -0.39 is 6.04 Å². The Morgan fingerprint density at radius 2 is 1.58 bits per heavy atom. The molecular formula is C21H26N2O2S. The first-order valence-corrected chi connectivity index (χ1v) is 9.94. The van der Waals surface area contributed by atoms with Crippen molar-refractivity contribution in [3.63, 3.8) is 0 Å². The van der Waals surface area contributed by atoms with Gasteiger partial charge in [-0.15, -0.1) is 0 Å². The quantitative estimate of drug-likeness (QED) is 0.688. The number of carbonyl (C=O) groups is 2. The van der Waals surface area contributed by atoms with Crippen molar-refractivity contribution in [1.82, 2.24) is 10.2 Å². The molecule has 2 rings (SSSR count). The summed E-state index contributed by atoms with van der Waals surface area (Å²) in [6, 6.07) is 19.5. The summed E-state index contributed by atoms with van der Waals surface area (Å²) >= 11 is 1.74. The van der Waals surface area contributed by atoms with Crippen molar-refractivity contribution in [1.29, 1.82) is 0 Å². The van der Waals surface area contributed by atoms with Gasteiger partial charge in [0.05, 0.1) is 0 Å². The summed E-state index contributed by atoms with van der Waals surface area (Å²) in [5.74, 6) is 1.48. The fourth-order valence-corrected chi connectivity index (χ4v) is 3.53. The van der Waals surface area contributed by atoms with Crippen LogP contribution in [0.15, 0.2) is 60.7 Å². The molecule has 2 aromatic carbocycles. The minimum absolute atomic E-state index is 0.00511. The molecule has 1 N–H and O–H groups in total. The molecule has 2 amide bonds. The Kier molecular flexibility index (Phi) is 8.22. The van der Waals surface area contributed by atoms with Crippen LogP contribution >= 0.6 is 11.8 Å². The van der Waals surface area contributed by atoms with Crippen LogP contribution in [0.3, 0.4) is 0 Å². The highest BCUT2D eigenvalue weighted by atomic mass is 32.2. The Bertz CT molecular complexity index is 692. The minimum Gasteiger partial charge on any atom is -0.357 e. The zero-order valence-corrected chi connectivity index (χ0v) is 16.2. The molecule has 138 valence electrons. The Morgan fingerprint density at radius 3 is 2.15 bits per heavy atom. The van der Waals surface area contributed by atoms with Crippen LogP contribution in [-0.4, -0.2) is 35.6 Å². The Balaban J connectivity index is 1.92. The van der Waals surface area contributed by atoms with Gasteiger partial charge in [-0.25, -0.2) is 0 Å². The van der Waals surface area contributed by atoms with Gasteiger partial charge in [-0.1, -0.05) is 60.7 Å². The number of nitrogens with one attached hydrogen (secondary N) is 1. The number of amides is 2. The van der Waals surface area contributed by atoms with Crippen LogP contribution in [-0.2, 0) is 21.9 Å². The molecular weight excluding hydrogens is 344 g/mol. The van der Waals surface area contributed by atoms with Crippen molar-refractivity contribution in [3.05, 3.63) is 71.8 Å². The molecule has 0 saturated carbocycles. The fraction of sp³-hybridized carbons (Fsp3) is 0.333. The maximum atomic E-state index is 12.8. The second-order valence-electron chi connectivity index (χ2n) is 6.09. The second-order valence-corrected chi connectivity index (χ2v) is 7.19. The van der Waals surface area contributed by atoms with E-state index in [0.29, 0.717) is 13.0 Å². The maximum absolute atomic E-state index is 12.8. The highest BCUT2D eigenvalue weighted by Crippen LogP contribution is 2.15. The first-order chi connectivity index (χ1) is 12.6. The van der Waals surface area contributed by atoms with Gasteiger partial charge in [0.2, 0.25) is 11.8 Å². The third kappa shape index (κ3) is 6.23. The molecule has 0 saturated heterocycles. The van der Waals surface area contributed by atoms with E-state index in [0.717, 1.165) is 17.1 Å². The molecule has 0 heterocycles. The fourth-order valence-electron chi connectivity index (χ4n) is 2.64. The van der Waals surface area contributed by atoms with Gasteiger partial charge >= 0.3 is 0 Å². The third-order valence-corrected chi connectivity index (χ3v) is 5.21. The minimum atomic E-state index is -0.494. The van der Waals surface area contributed by atoms with E-state index in [1.807, 2.05) is 48.5 Å². The van der Waals surface area contributed by atoms with Crippen molar-refractivity contribution < 1.29 is 9.59 Å². The van der Waals surface area contributed by atoms with Gasteiger partial charge in [0.1, 0.15) is 6.04 Å². The SMILES string of the molecule is CNC(=O)[C@@H](C)N(Cc1ccccc1)C(=O)CCSCc1ccccc1. The summed E-state index contributed by atoms with van der Waals surface area (Å²) in [4.78, 5) is 26.5. The van der Waals surface area contributed by atoms with Crippen LogP contribution in [0.5, 0.6) is 0 Å². The van der Waals surface area contributed by atoms with Gasteiger partial charge in [0.25, 0.3) is 0 Å². The van der Waals surface area contributed by atoms with Gasteiger partial charge in [0.15, 0.2) is 0 Å². The number of nitrogens with zero attached hydrogens (tertiary/aromatic N) is 1. The lowest BCUT2D eigenvalue weighted by Gasteiger charge is -2.28. The van der Waals surface area contributed by atoms with Gasteiger partial charge < -0.3 is 10.2 Å². The topological polar surface area (TPSA) is 49.4 Å². The molecule has 0 bridgehead atoms. The van der Waals surface area contributed by atoms with Crippen LogP contribution in [0.1, 0.15) is 24.5 Å². The van der Waals surface area contributed by atoms with Crippen LogP contribution in [0.4, 0.5) is 0 Å². The lowest BCUT2D eigenvalue weighted by Crippen LogP contribution is -2.46. The summed E-state index contributed by atoms with van der Waals surface area (Å²) < 4.78 is 0. The predicted molar refractivity (Wildman–Crippen MR) is 108 cm³/mol. The van der Waals surface area contributed by atoms with E-state index in [1.165, 1.54) is 5.56 Å². The van der Waals surface area contributed by atoms with Gasteiger partial charge in [-0.2, -0.15) is 11.8 Å². The molecule has 0 spiro atoms. The van der Waals surface area contributed by atoms with Crippen LogP contribution in [0.25, 0.3) is 0 Å². The van der Waals surface area contributed by atoms with Crippen LogP contribution in [0, 0.1) is 0 Å². The molecule has 0 aliphatic rings. The zero-order chi connectivity index (χ0) is 18.8. The van der Waals surface area contributed by atoms with Crippen LogP contribution < -0.4 is 5.32 Å². The smallest absolute Gasteiger partial charge is 0.242 e. The molecule has 0 unspecified atom stereocenters. The molecule has 2 aromatic rings. The van der Waals surface area contributed by atoms with E-state index >= 15 is 0 Å². The van der Waals surface area contributed by atoms with Crippen molar-refractivity contribution in [3.8, 4) is 0 Å². The molecule has 0 aliphatic heterocycles. The molecule has 4 nitrogen and oxygen atoms in total. The molecule has 0 aromatic heterocycles. The summed E-state index contributed by atoms with van der Waals surface area (Å²) in [6.45, 7) is 2.22. The number of hydrogen-bond donors (Lipinski definition) is 1. The lowest BCUT2D eigenvalue weighted by atomic mass is 10.1. The number of likely N-dealkylation sites (N-methyl/N-ethyl adjacent to an activating group) is 1. The molecule has 0 radical (unpaired) electrons. The first kappa shape index (κ1) is 20.0. The number of hydrogen-bond acceptors (Lipinski definition) is 3. The Labute approximate surface area is 160 Å². The summed E-state index contributed by atoms with van der Waals surface area (Å²) in [5, 5.41) is 2.64. The number of benzene rings is 2. The largest absolute Gasteiger partial charge is 0.357 e. The van der Waals surface area contributed by atoms with Gasteiger partial charge in [0, 0.05) is 31.5 Å². The van der Waals surface area contributed by atoms with E-state index in [-0.39, 0.29) is 11.8 Å². The molecule has 5 heteroatoms. The molecule has 0 fully saturated rings. The van der Waals surface area contributed by atoms with E-state index in [2.05, 4.69) is 17.4 Å². The third-order valence-electron chi connectivity index (χ3n) is 4.18. The Hall–Kier alpha value is -2.27. The maximum Gasteiger partial charge on any atom is 0.242 e. The molecule has 26 heavy (non-hydrogen) atoms. The number of rotatable bonds is 9. The summed E-state index contributed by atoms with van der Waals surface area (Å²) in [6.07, 6.45) is 0.422. The monoisotopic (exact) mass is 370 g/mol. The van der Waals surface area contributed by atoms with E-state index in [1.54, 1.807) is 30.6 Å². The average molecular weight is 371 g/mol. The van der Waals surface area contributed by atoms with Crippen molar-refractivity contribution >= 4 is 23.6 Å². The Morgan fingerprint density at radius 1 is 1.00 bits per heavy atom. The van der Waals surface area contributed by atoms with Crippen molar-refractivity contribution in [2.45, 2.75) is 31.7 Å². The summed E-state index contributed by atoms with van der Waals surface area (Å²) in [7, 11) is 1.60. The van der Waals surface area contributed by atoms with Crippen molar-refractivity contribution in [2.24, 2.45) is 0 Å². The van der Waals surface area contributed by atoms with E-state index in [4.69, 9.17) is 0 Å². The van der Waals surface area contributed by atoms with Crippen molar-refractivity contribution in [2.75, 3.05) is 12.8 Å². The molecule has 1 atom stereocenters. The predicted octanol–water partition coefficient (Wildman–Crippen LogP) is 3.47. The first-order valence-electron chi connectivity index (χ1n) is 8.78. The van der Waals surface area contributed by atoms with Gasteiger partial charge in [-0.3, -0.25) is 9.59 Å². The normalized spacial score (nSPS) is 11.6. The lowest BCUT2D eigenvalue weighted by molar-refractivity contribution is -0.140. The standard InChI is InChI=1S/C21H26N2O2S/c1-17(21(25)22-2)23(15-18-9-5-3-6-10-18)20(24)13-14-26-16-19-11-7-4-8-12-19/h3-12,17H,13-16H2,1-2H3,(H,22,25)/t17-/m1/s1. The second kappa shape index (κ2) is 10.7. The van der Waals surface area contributed by atoms with E-state index in [9.17, 15) is 9.59 Å². The zero-order valence-electron chi connectivity index (χ0n) is 15.4.